The van der Waals surface area contributed by atoms with Gasteiger partial charge in [-0.1, -0.05) is 67.8 Å². The Morgan fingerprint density at radius 2 is 1.52 bits per heavy atom. The van der Waals surface area contributed by atoms with Crippen molar-refractivity contribution in [3.05, 3.63) is 67.7 Å². The molecule has 0 bridgehead atoms. The van der Waals surface area contributed by atoms with E-state index >= 15 is 0 Å². The molecule has 0 aromatic heterocycles. The van der Waals surface area contributed by atoms with Crippen molar-refractivity contribution >= 4 is 44.0 Å². The molecular formula is C16H14Cl3F2OP. The van der Waals surface area contributed by atoms with E-state index in [1.807, 2.05) is 0 Å². The number of hydrogen-bond donors (Lipinski definition) is 1. The van der Waals surface area contributed by atoms with Crippen LogP contribution in [0.2, 0.25) is 15.1 Å². The third kappa shape index (κ3) is 3.36. The van der Waals surface area contributed by atoms with Gasteiger partial charge in [0, 0.05) is 0 Å². The van der Waals surface area contributed by atoms with Crippen molar-refractivity contribution in [1.29, 1.82) is 0 Å². The first kappa shape index (κ1) is 18.9. The van der Waals surface area contributed by atoms with Crippen LogP contribution in [0.15, 0.2) is 30.3 Å². The van der Waals surface area contributed by atoms with Gasteiger partial charge in [-0.15, -0.1) is 0 Å². The maximum atomic E-state index is 14.4. The zero-order chi connectivity index (χ0) is 17.6. The second kappa shape index (κ2) is 6.46. The molecule has 0 saturated heterocycles. The first-order valence-electron chi connectivity index (χ1n) is 6.60. The van der Waals surface area contributed by atoms with Gasteiger partial charge in [-0.3, -0.25) is 0 Å². The van der Waals surface area contributed by atoms with Gasteiger partial charge in [-0.2, -0.15) is 8.78 Å². The second-order valence-electron chi connectivity index (χ2n) is 5.41. The molecule has 2 aromatic rings. The molecule has 2 atom stereocenters. The molecule has 23 heavy (non-hydrogen) atoms. The minimum Gasteiger partial charge on any atom is -0.374 e. The van der Waals surface area contributed by atoms with E-state index in [1.165, 1.54) is 27.4 Å². The molecule has 2 unspecified atom stereocenters. The van der Waals surface area contributed by atoms with Gasteiger partial charge in [0.25, 0.3) is 5.66 Å². The van der Waals surface area contributed by atoms with Gasteiger partial charge in [0.05, 0.1) is 15.1 Å². The Kier molecular flexibility index (Phi) is 5.31. The van der Waals surface area contributed by atoms with E-state index in [2.05, 4.69) is 0 Å². The monoisotopic (exact) mass is 396 g/mol. The Morgan fingerprint density at radius 3 is 2.00 bits per heavy atom. The van der Waals surface area contributed by atoms with Gasteiger partial charge in [-0.05, 0) is 42.7 Å². The van der Waals surface area contributed by atoms with Crippen LogP contribution < -0.4 is 0 Å². The van der Waals surface area contributed by atoms with E-state index in [0.717, 1.165) is 5.56 Å². The Labute approximate surface area is 150 Å². The molecule has 0 spiro atoms. The summed E-state index contributed by atoms with van der Waals surface area (Å²) in [5, 5.41) is 11.0. The lowest BCUT2D eigenvalue weighted by Gasteiger charge is -2.36. The summed E-state index contributed by atoms with van der Waals surface area (Å²) >= 11 is 17.8. The number of hydrogen-bond acceptors (Lipinski definition) is 1. The summed E-state index contributed by atoms with van der Waals surface area (Å²) in [6, 6.07) is 7.38. The molecule has 0 radical (unpaired) electrons. The van der Waals surface area contributed by atoms with Gasteiger partial charge in [0.2, 0.25) is 0 Å². The molecule has 0 amide bonds. The number of halogens is 5. The van der Waals surface area contributed by atoms with Crippen molar-refractivity contribution in [2.24, 2.45) is 0 Å². The fourth-order valence-electron chi connectivity index (χ4n) is 2.42. The van der Waals surface area contributed by atoms with Crippen molar-refractivity contribution in [3.8, 4) is 0 Å². The first-order valence-corrected chi connectivity index (χ1v) is 8.31. The number of alkyl halides is 2. The lowest BCUT2D eigenvalue weighted by molar-refractivity contribution is -0.0995. The second-order valence-corrected chi connectivity index (χ2v) is 7.32. The summed E-state index contributed by atoms with van der Waals surface area (Å²) in [5.74, 6) is 0. The summed E-state index contributed by atoms with van der Waals surface area (Å²) < 4.78 is 28.8. The fourth-order valence-corrected chi connectivity index (χ4v) is 3.34. The average Bonchev–Trinajstić information content (AvgIpc) is 2.44. The Bertz CT molecular complexity index is 738. The van der Waals surface area contributed by atoms with Crippen LogP contribution in [0.25, 0.3) is 0 Å². The molecule has 1 nitrogen and oxygen atoms in total. The van der Waals surface area contributed by atoms with Crippen LogP contribution in [0.3, 0.4) is 0 Å². The minimum atomic E-state index is -3.56. The molecule has 0 heterocycles. The van der Waals surface area contributed by atoms with E-state index < -0.39 is 11.3 Å². The maximum absolute atomic E-state index is 14.4. The van der Waals surface area contributed by atoms with Crippen LogP contribution in [0.4, 0.5) is 8.78 Å². The number of rotatable bonds is 3. The highest BCUT2D eigenvalue weighted by Crippen LogP contribution is 2.50. The summed E-state index contributed by atoms with van der Waals surface area (Å²) in [6.07, 6.45) is 0. The molecule has 0 fully saturated rings. The topological polar surface area (TPSA) is 20.2 Å². The van der Waals surface area contributed by atoms with Crippen molar-refractivity contribution in [2.75, 3.05) is 0 Å². The molecule has 1 N–H and O–H groups in total. The van der Waals surface area contributed by atoms with Gasteiger partial charge in [0.15, 0.2) is 5.60 Å². The third-order valence-electron chi connectivity index (χ3n) is 3.67. The van der Waals surface area contributed by atoms with Crippen LogP contribution in [0, 0.1) is 13.8 Å². The largest absolute Gasteiger partial charge is 0.374 e. The molecular weight excluding hydrogens is 384 g/mol. The van der Waals surface area contributed by atoms with Crippen LogP contribution >= 0.6 is 44.0 Å². The van der Waals surface area contributed by atoms with E-state index in [1.54, 1.807) is 26.0 Å². The molecule has 2 aromatic carbocycles. The molecule has 0 saturated carbocycles. The summed E-state index contributed by atoms with van der Waals surface area (Å²) in [6.45, 7) is 3.40. The smallest absolute Gasteiger partial charge is 0.295 e. The molecule has 0 aliphatic heterocycles. The number of aliphatic hydroxyl groups is 1. The van der Waals surface area contributed by atoms with Crippen LogP contribution in [0.1, 0.15) is 22.3 Å². The summed E-state index contributed by atoms with van der Waals surface area (Å²) in [5.41, 5.74) is -4.98. The van der Waals surface area contributed by atoms with E-state index in [0.29, 0.717) is 5.56 Å². The Hall–Kier alpha value is -0.440. The van der Waals surface area contributed by atoms with Gasteiger partial charge in [0.1, 0.15) is 0 Å². The predicted octanol–water partition coefficient (Wildman–Crippen LogP) is 5.97. The average molecular weight is 398 g/mol. The van der Waals surface area contributed by atoms with Crippen LogP contribution in [-0.4, -0.2) is 10.8 Å². The van der Waals surface area contributed by atoms with Crippen molar-refractivity contribution < 1.29 is 13.9 Å². The van der Waals surface area contributed by atoms with E-state index in [9.17, 15) is 13.9 Å². The lowest BCUT2D eigenvalue weighted by atomic mass is 9.83. The predicted molar refractivity (Wildman–Crippen MR) is 95.0 cm³/mol. The van der Waals surface area contributed by atoms with Gasteiger partial charge in [-0.25, -0.2) is 0 Å². The molecule has 7 heteroatoms. The zero-order valence-corrected chi connectivity index (χ0v) is 15.7. The minimum absolute atomic E-state index is 0.00727. The van der Waals surface area contributed by atoms with Crippen LogP contribution in [0.5, 0.6) is 0 Å². The highest BCUT2D eigenvalue weighted by atomic mass is 35.5. The molecule has 2 rings (SSSR count). The van der Waals surface area contributed by atoms with E-state index in [-0.39, 0.29) is 26.2 Å². The molecule has 0 aliphatic carbocycles. The van der Waals surface area contributed by atoms with Crippen molar-refractivity contribution in [2.45, 2.75) is 25.1 Å². The number of benzene rings is 2. The van der Waals surface area contributed by atoms with Crippen molar-refractivity contribution in [3.63, 3.8) is 0 Å². The van der Waals surface area contributed by atoms with E-state index in [4.69, 9.17) is 34.8 Å². The van der Waals surface area contributed by atoms with Crippen molar-refractivity contribution in [1.82, 2.24) is 0 Å². The zero-order valence-electron chi connectivity index (χ0n) is 12.3. The third-order valence-corrected chi connectivity index (χ3v) is 5.28. The highest BCUT2D eigenvalue weighted by Gasteiger charge is 2.52. The highest BCUT2D eigenvalue weighted by molar-refractivity contribution is 7.18. The molecule has 0 aliphatic rings. The maximum Gasteiger partial charge on any atom is 0.295 e. The normalized spacial score (nSPS) is 14.7. The van der Waals surface area contributed by atoms with Gasteiger partial charge < -0.3 is 5.11 Å². The fraction of sp³-hybridized carbons (Fsp3) is 0.250. The summed E-state index contributed by atoms with van der Waals surface area (Å²) in [4.78, 5) is 0. The first-order chi connectivity index (χ1) is 10.5. The quantitative estimate of drug-likeness (QED) is 0.500. The Morgan fingerprint density at radius 1 is 1.00 bits per heavy atom. The van der Waals surface area contributed by atoms with Crippen LogP contribution in [-0.2, 0) is 5.60 Å². The van der Waals surface area contributed by atoms with Gasteiger partial charge >= 0.3 is 0 Å². The standard InChI is InChI=1S/C16H14Cl3F2OP/c1-8-3-4-9(2)11(5-8)15(22,16(20,21)23)10-6-12(17)14(19)13(18)7-10/h3-7,22H,23H2,1-2H3. The lowest BCUT2D eigenvalue weighted by Crippen LogP contribution is -2.42. The SMILES string of the molecule is Cc1ccc(C)c(C(O)(c2cc(Cl)c(Cl)c(Cl)c2)C(F)(F)P)c1. The molecule has 124 valence electrons. The number of aryl methyl sites for hydroxylation is 2. The Balaban J connectivity index is 2.84. The summed E-state index contributed by atoms with van der Waals surface area (Å²) in [7, 11) is 1.39.